The SMILES string of the molecule is CCCN(CCC)C(=O)c1cc(C)cc(C(=O)N[C@@H](Cc2cc(F)cc(F)c2)[C@H](O)CNC(C)(C)CO)c1. The number of aryl methyl sites for hydroxylation is 1. The Morgan fingerprint density at radius 2 is 1.55 bits per heavy atom. The number of rotatable bonds is 14. The van der Waals surface area contributed by atoms with E-state index in [-0.39, 0.29) is 36.6 Å². The molecule has 38 heavy (non-hydrogen) atoms. The molecule has 210 valence electrons. The smallest absolute Gasteiger partial charge is 0.253 e. The molecule has 0 bridgehead atoms. The fourth-order valence-corrected chi connectivity index (χ4v) is 4.17. The third-order valence-corrected chi connectivity index (χ3v) is 6.20. The molecule has 7 nitrogen and oxygen atoms in total. The highest BCUT2D eigenvalue weighted by Crippen LogP contribution is 2.16. The zero-order valence-corrected chi connectivity index (χ0v) is 23.0. The van der Waals surface area contributed by atoms with E-state index >= 15 is 0 Å². The normalized spacial score (nSPS) is 13.2. The first-order chi connectivity index (χ1) is 17.9. The molecule has 0 heterocycles. The van der Waals surface area contributed by atoms with Gasteiger partial charge in [0.25, 0.3) is 11.8 Å². The summed E-state index contributed by atoms with van der Waals surface area (Å²) < 4.78 is 27.7. The molecule has 0 spiro atoms. The highest BCUT2D eigenvalue weighted by molar-refractivity contribution is 6.00. The number of nitrogens with zero attached hydrogens (tertiary/aromatic N) is 1. The summed E-state index contributed by atoms with van der Waals surface area (Å²) in [6.45, 7) is 10.3. The second-order valence-electron chi connectivity index (χ2n) is 10.4. The number of aliphatic hydroxyl groups excluding tert-OH is 2. The van der Waals surface area contributed by atoms with Crippen LogP contribution >= 0.6 is 0 Å². The van der Waals surface area contributed by atoms with Crippen LogP contribution in [0.15, 0.2) is 36.4 Å². The van der Waals surface area contributed by atoms with Gasteiger partial charge in [-0.3, -0.25) is 9.59 Å². The van der Waals surface area contributed by atoms with Gasteiger partial charge in [0.05, 0.1) is 18.8 Å². The maximum Gasteiger partial charge on any atom is 0.253 e. The zero-order chi connectivity index (χ0) is 28.5. The van der Waals surface area contributed by atoms with Crippen molar-refractivity contribution < 1.29 is 28.6 Å². The maximum atomic E-state index is 13.8. The molecule has 2 amide bonds. The van der Waals surface area contributed by atoms with Crippen LogP contribution in [0.1, 0.15) is 72.4 Å². The number of hydrogen-bond acceptors (Lipinski definition) is 5. The number of benzene rings is 2. The molecule has 4 N–H and O–H groups in total. The van der Waals surface area contributed by atoms with Gasteiger partial charge in [0.2, 0.25) is 0 Å². The van der Waals surface area contributed by atoms with Gasteiger partial charge in [-0.2, -0.15) is 0 Å². The molecular weight excluding hydrogens is 492 g/mol. The van der Waals surface area contributed by atoms with Crippen LogP contribution in [0.4, 0.5) is 8.78 Å². The minimum Gasteiger partial charge on any atom is -0.394 e. The largest absolute Gasteiger partial charge is 0.394 e. The van der Waals surface area contributed by atoms with Gasteiger partial charge in [0.15, 0.2) is 0 Å². The van der Waals surface area contributed by atoms with Crippen molar-refractivity contribution in [1.82, 2.24) is 15.5 Å². The molecule has 0 aliphatic rings. The van der Waals surface area contributed by atoms with E-state index in [0.717, 1.165) is 36.6 Å². The predicted octanol–water partition coefficient (Wildman–Crippen LogP) is 3.60. The first kappa shape index (κ1) is 31.3. The number of halogens is 2. The van der Waals surface area contributed by atoms with Crippen LogP contribution in [0, 0.1) is 18.6 Å². The second-order valence-corrected chi connectivity index (χ2v) is 10.4. The van der Waals surface area contributed by atoms with Gasteiger partial charge >= 0.3 is 0 Å². The molecule has 2 atom stereocenters. The van der Waals surface area contributed by atoms with Crippen molar-refractivity contribution in [2.24, 2.45) is 0 Å². The van der Waals surface area contributed by atoms with Crippen LogP contribution in [-0.2, 0) is 6.42 Å². The molecule has 0 aromatic heterocycles. The van der Waals surface area contributed by atoms with E-state index < -0.39 is 35.2 Å². The van der Waals surface area contributed by atoms with Crippen LogP contribution in [0.2, 0.25) is 0 Å². The first-order valence-corrected chi connectivity index (χ1v) is 13.1. The summed E-state index contributed by atoms with van der Waals surface area (Å²) in [5.74, 6) is -2.20. The molecular formula is C29H41F2N3O4. The number of nitrogens with one attached hydrogen (secondary N) is 2. The minimum atomic E-state index is -1.15. The number of carbonyl (C=O) groups is 2. The van der Waals surface area contributed by atoms with Crippen LogP contribution in [0.25, 0.3) is 0 Å². The number of β-amino-alcohol motifs (C(OH)–C–C–N with tert-alkyl or cyclic N) is 1. The van der Waals surface area contributed by atoms with E-state index in [0.29, 0.717) is 18.7 Å². The lowest BCUT2D eigenvalue weighted by Gasteiger charge is -2.29. The third kappa shape index (κ3) is 9.45. The van der Waals surface area contributed by atoms with E-state index in [1.54, 1.807) is 37.8 Å². The summed E-state index contributed by atoms with van der Waals surface area (Å²) in [6.07, 6.45) is 0.436. The molecule has 9 heteroatoms. The summed E-state index contributed by atoms with van der Waals surface area (Å²) in [5, 5.41) is 26.3. The Balaban J connectivity index is 2.33. The van der Waals surface area contributed by atoms with Gasteiger partial charge in [-0.25, -0.2) is 8.78 Å². The van der Waals surface area contributed by atoms with E-state index in [2.05, 4.69) is 10.6 Å². The average molecular weight is 534 g/mol. The molecule has 2 aromatic carbocycles. The molecule has 0 radical (unpaired) electrons. The lowest BCUT2D eigenvalue weighted by Crippen LogP contribution is -2.53. The van der Waals surface area contributed by atoms with Crippen LogP contribution in [0.3, 0.4) is 0 Å². The Morgan fingerprint density at radius 1 is 0.974 bits per heavy atom. The van der Waals surface area contributed by atoms with Crippen molar-refractivity contribution in [3.63, 3.8) is 0 Å². The Morgan fingerprint density at radius 3 is 2.11 bits per heavy atom. The Labute approximate surface area is 224 Å². The molecule has 0 unspecified atom stereocenters. The molecule has 2 aromatic rings. The Bertz CT molecular complexity index is 1070. The molecule has 0 aliphatic heterocycles. The predicted molar refractivity (Wildman–Crippen MR) is 144 cm³/mol. The summed E-state index contributed by atoms with van der Waals surface area (Å²) >= 11 is 0. The van der Waals surface area contributed by atoms with Crippen molar-refractivity contribution in [2.75, 3.05) is 26.2 Å². The van der Waals surface area contributed by atoms with Gasteiger partial charge in [0, 0.05) is 42.4 Å². The Kier molecular flexibility index (Phi) is 11.8. The van der Waals surface area contributed by atoms with Crippen LogP contribution < -0.4 is 10.6 Å². The summed E-state index contributed by atoms with van der Waals surface area (Å²) in [7, 11) is 0. The summed E-state index contributed by atoms with van der Waals surface area (Å²) in [5.41, 5.74) is 0.947. The lowest BCUT2D eigenvalue weighted by molar-refractivity contribution is 0.0755. The van der Waals surface area contributed by atoms with Crippen molar-refractivity contribution in [3.8, 4) is 0 Å². The number of amides is 2. The molecule has 0 aliphatic carbocycles. The highest BCUT2D eigenvalue weighted by atomic mass is 19.1. The van der Waals surface area contributed by atoms with E-state index in [1.807, 2.05) is 13.8 Å². The van der Waals surface area contributed by atoms with Gasteiger partial charge in [0.1, 0.15) is 11.6 Å². The summed E-state index contributed by atoms with van der Waals surface area (Å²) in [6, 6.07) is 7.06. The third-order valence-electron chi connectivity index (χ3n) is 6.20. The first-order valence-electron chi connectivity index (χ1n) is 13.1. The van der Waals surface area contributed by atoms with Gasteiger partial charge in [-0.15, -0.1) is 0 Å². The van der Waals surface area contributed by atoms with Gasteiger partial charge in [-0.1, -0.05) is 13.8 Å². The zero-order valence-electron chi connectivity index (χ0n) is 23.0. The lowest BCUT2D eigenvalue weighted by atomic mass is 9.98. The van der Waals surface area contributed by atoms with Crippen LogP contribution in [-0.4, -0.2) is 70.9 Å². The van der Waals surface area contributed by atoms with E-state index in [1.165, 1.54) is 6.07 Å². The monoisotopic (exact) mass is 533 g/mol. The van der Waals surface area contributed by atoms with Gasteiger partial charge < -0.3 is 25.7 Å². The Hall–Kier alpha value is -2.88. The van der Waals surface area contributed by atoms with Crippen molar-refractivity contribution >= 4 is 11.8 Å². The number of aliphatic hydroxyl groups is 2. The topological polar surface area (TPSA) is 102 Å². The van der Waals surface area contributed by atoms with Crippen molar-refractivity contribution in [2.45, 2.75) is 71.6 Å². The summed E-state index contributed by atoms with van der Waals surface area (Å²) in [4.78, 5) is 28.2. The minimum absolute atomic E-state index is 0.0108. The molecule has 0 saturated heterocycles. The van der Waals surface area contributed by atoms with Crippen molar-refractivity contribution in [1.29, 1.82) is 0 Å². The maximum absolute atomic E-state index is 13.8. The highest BCUT2D eigenvalue weighted by Gasteiger charge is 2.26. The van der Waals surface area contributed by atoms with Gasteiger partial charge in [-0.05, 0) is 81.5 Å². The number of carbonyl (C=O) groups excluding carboxylic acids is 2. The molecule has 0 saturated carbocycles. The second kappa shape index (κ2) is 14.3. The standard InChI is InChI=1S/C29H41F2N3O4/c1-6-8-34(9-7-2)28(38)22-11-19(3)10-21(15-22)27(37)33-25(26(36)17-32-29(4,5)18-35)14-20-12-23(30)16-24(31)13-20/h10-13,15-16,25-26,32,35-36H,6-9,14,17-18H2,1-5H3,(H,33,37)/t25-,26+/m0/s1. The van der Waals surface area contributed by atoms with E-state index in [9.17, 15) is 28.6 Å². The quantitative estimate of drug-likeness (QED) is 0.297. The molecule has 0 fully saturated rings. The molecule has 2 rings (SSSR count). The fraction of sp³-hybridized carbons (Fsp3) is 0.517. The average Bonchev–Trinajstić information content (AvgIpc) is 2.85. The fourth-order valence-electron chi connectivity index (χ4n) is 4.17. The number of hydrogen-bond donors (Lipinski definition) is 4. The van der Waals surface area contributed by atoms with E-state index in [4.69, 9.17) is 0 Å². The van der Waals surface area contributed by atoms with Crippen LogP contribution in [0.5, 0.6) is 0 Å². The van der Waals surface area contributed by atoms with Crippen molar-refractivity contribution in [3.05, 3.63) is 70.3 Å².